The molecule has 1 saturated heterocycles. The Hall–Kier alpha value is -3.12. The van der Waals surface area contributed by atoms with Gasteiger partial charge in [0.05, 0.1) is 41.6 Å². The first-order valence-electron chi connectivity index (χ1n) is 15.7. The molecule has 0 spiro atoms. The Bertz CT molecular complexity index is 1450. The summed E-state index contributed by atoms with van der Waals surface area (Å²) in [7, 11) is 0. The second-order valence-electron chi connectivity index (χ2n) is 14.2. The topological polar surface area (TPSA) is 166 Å². The molecule has 1 heterocycles. The fourth-order valence-corrected chi connectivity index (χ4v) is 8.55. The van der Waals surface area contributed by atoms with Crippen molar-refractivity contribution in [2.75, 3.05) is 6.61 Å². The number of esters is 3. The summed E-state index contributed by atoms with van der Waals surface area (Å²) in [6.07, 6.45) is -5.05. The summed E-state index contributed by atoms with van der Waals surface area (Å²) in [5.74, 6) is -4.49. The lowest BCUT2D eigenvalue weighted by Gasteiger charge is -2.67. The van der Waals surface area contributed by atoms with Crippen LogP contribution in [-0.2, 0) is 33.3 Å². The SMILES string of the molecule is CC(=O)O[C@H]1C(=O)[C@@]2(C)C([C@H](OC(=O)c3ccccc3)[C@]3(O)C[C@H](O)C(C)=C1C3(C)C)[C@]1(OC(=O)C3CCC3)CO[C@@H]1C[C@@H]2O. The second-order valence-corrected chi connectivity index (χ2v) is 14.2. The highest BCUT2D eigenvalue weighted by atomic mass is 16.6. The average molecular weight is 627 g/mol. The second kappa shape index (κ2) is 10.7. The van der Waals surface area contributed by atoms with E-state index in [0.29, 0.717) is 18.4 Å². The predicted octanol–water partition coefficient (Wildman–Crippen LogP) is 2.43. The maximum atomic E-state index is 15.0. The minimum Gasteiger partial charge on any atom is -0.455 e. The van der Waals surface area contributed by atoms with Crippen LogP contribution < -0.4 is 0 Å². The van der Waals surface area contributed by atoms with Crippen LogP contribution in [0, 0.1) is 22.7 Å². The fraction of sp³-hybridized carbons (Fsp3) is 0.647. The quantitative estimate of drug-likeness (QED) is 0.250. The number of aliphatic hydroxyl groups excluding tert-OH is 2. The number of fused-ring (bicyclic) bond motifs is 5. The van der Waals surface area contributed by atoms with E-state index in [0.717, 1.165) is 13.3 Å². The van der Waals surface area contributed by atoms with E-state index in [-0.39, 0.29) is 36.5 Å². The van der Waals surface area contributed by atoms with Gasteiger partial charge in [0.1, 0.15) is 17.8 Å². The van der Waals surface area contributed by atoms with Gasteiger partial charge in [0.2, 0.25) is 0 Å². The molecule has 6 rings (SSSR count). The van der Waals surface area contributed by atoms with Gasteiger partial charge in [0.25, 0.3) is 0 Å². The van der Waals surface area contributed by atoms with Gasteiger partial charge in [-0.25, -0.2) is 4.79 Å². The van der Waals surface area contributed by atoms with Gasteiger partial charge >= 0.3 is 17.9 Å². The largest absolute Gasteiger partial charge is 0.455 e. The Morgan fingerprint density at radius 1 is 1.02 bits per heavy atom. The molecule has 4 aliphatic carbocycles. The molecule has 3 saturated carbocycles. The molecule has 0 aromatic heterocycles. The highest BCUT2D eigenvalue weighted by Gasteiger charge is 2.78. The average Bonchev–Trinajstić information content (AvgIpc) is 2.94. The molecule has 5 aliphatic rings. The Balaban J connectivity index is 1.62. The zero-order valence-corrected chi connectivity index (χ0v) is 26.3. The number of aliphatic hydroxyl groups is 3. The zero-order valence-electron chi connectivity index (χ0n) is 26.3. The molecule has 9 atom stereocenters. The molecular formula is C34H42O11. The maximum Gasteiger partial charge on any atom is 0.338 e. The Morgan fingerprint density at radius 2 is 1.69 bits per heavy atom. The Labute approximate surface area is 261 Å². The van der Waals surface area contributed by atoms with Gasteiger partial charge in [-0.2, -0.15) is 0 Å². The summed E-state index contributed by atoms with van der Waals surface area (Å²) < 4.78 is 24.2. The van der Waals surface area contributed by atoms with Crippen LogP contribution in [0.3, 0.4) is 0 Å². The van der Waals surface area contributed by atoms with Gasteiger partial charge in [-0.05, 0) is 50.0 Å². The molecule has 1 aromatic rings. The highest BCUT2D eigenvalue weighted by Crippen LogP contribution is 2.64. The van der Waals surface area contributed by atoms with Crippen LogP contribution in [0.25, 0.3) is 0 Å². The standard InChI is InChI=1S/C34H42O11/c1-17-21(36)15-34(41)28(44-29(39)19-10-7-6-8-11-19)26-32(5,27(38)25(43-18(2)35)24(17)31(34,3)4)22(37)14-23-33(26,16-42-23)45-30(40)20-12-9-13-20/h6-8,10-11,20-23,25-26,28,36-37,41H,9,12-16H2,1-5H3/t21-,22-,23+,25+,26?,28-,32+,33-,34+/m0/s1. The summed E-state index contributed by atoms with van der Waals surface area (Å²) in [4.78, 5) is 54.9. The van der Waals surface area contributed by atoms with Crippen LogP contribution in [-0.4, -0.2) is 87.3 Å². The molecule has 1 aromatic carbocycles. The number of ketones is 1. The number of carbonyl (C=O) groups is 4. The van der Waals surface area contributed by atoms with Crippen LogP contribution in [0.4, 0.5) is 0 Å². The minimum atomic E-state index is -2.11. The zero-order chi connectivity index (χ0) is 32.7. The van der Waals surface area contributed by atoms with Gasteiger partial charge in [-0.15, -0.1) is 0 Å². The number of ether oxygens (including phenoxy) is 4. The van der Waals surface area contributed by atoms with Crippen molar-refractivity contribution in [1.82, 2.24) is 0 Å². The van der Waals surface area contributed by atoms with Crippen molar-refractivity contribution >= 4 is 23.7 Å². The van der Waals surface area contributed by atoms with Gasteiger partial charge in [-0.1, -0.05) is 38.5 Å². The van der Waals surface area contributed by atoms with Crippen molar-refractivity contribution in [3.63, 3.8) is 0 Å². The number of hydrogen-bond acceptors (Lipinski definition) is 11. The summed E-state index contributed by atoms with van der Waals surface area (Å²) in [5.41, 5.74) is -6.32. The van der Waals surface area contributed by atoms with Crippen molar-refractivity contribution in [1.29, 1.82) is 0 Å². The van der Waals surface area contributed by atoms with E-state index in [1.807, 2.05) is 0 Å². The fourth-order valence-electron chi connectivity index (χ4n) is 8.55. The summed E-state index contributed by atoms with van der Waals surface area (Å²) in [6, 6.07) is 8.13. The molecule has 1 aliphatic heterocycles. The highest BCUT2D eigenvalue weighted by molar-refractivity contribution is 5.95. The summed E-state index contributed by atoms with van der Waals surface area (Å²) >= 11 is 0. The van der Waals surface area contributed by atoms with E-state index in [1.54, 1.807) is 51.1 Å². The molecule has 0 radical (unpaired) electrons. The van der Waals surface area contributed by atoms with Crippen molar-refractivity contribution in [3.8, 4) is 0 Å². The predicted molar refractivity (Wildman–Crippen MR) is 156 cm³/mol. The lowest BCUT2D eigenvalue weighted by Crippen LogP contribution is -2.82. The molecule has 11 heteroatoms. The Kier molecular flexibility index (Phi) is 7.59. The van der Waals surface area contributed by atoms with Gasteiger partial charge in [-0.3, -0.25) is 14.4 Å². The minimum absolute atomic E-state index is 0.0920. The molecular weight excluding hydrogens is 584 g/mol. The van der Waals surface area contributed by atoms with Crippen LogP contribution >= 0.6 is 0 Å². The normalized spacial score (nSPS) is 40.4. The number of Topliss-reactive ketones (excluding diaryl/α,β-unsaturated/α-hetero) is 1. The molecule has 11 nitrogen and oxygen atoms in total. The third-order valence-electron chi connectivity index (χ3n) is 11.6. The molecule has 4 fully saturated rings. The third-order valence-corrected chi connectivity index (χ3v) is 11.6. The maximum absolute atomic E-state index is 15.0. The smallest absolute Gasteiger partial charge is 0.338 e. The van der Waals surface area contributed by atoms with Crippen molar-refractivity contribution < 1.29 is 53.4 Å². The monoisotopic (exact) mass is 626 g/mol. The van der Waals surface area contributed by atoms with Gasteiger partial charge < -0.3 is 34.3 Å². The van der Waals surface area contributed by atoms with Crippen molar-refractivity contribution in [3.05, 3.63) is 47.0 Å². The van der Waals surface area contributed by atoms with Crippen molar-refractivity contribution in [2.45, 2.75) is 108 Å². The van der Waals surface area contributed by atoms with E-state index in [2.05, 4.69) is 0 Å². The van der Waals surface area contributed by atoms with Gasteiger partial charge in [0.15, 0.2) is 17.5 Å². The molecule has 244 valence electrons. The van der Waals surface area contributed by atoms with E-state index >= 15 is 0 Å². The molecule has 45 heavy (non-hydrogen) atoms. The van der Waals surface area contributed by atoms with E-state index in [9.17, 15) is 34.5 Å². The lowest BCUT2D eigenvalue weighted by molar-refractivity contribution is -0.347. The summed E-state index contributed by atoms with van der Waals surface area (Å²) in [6.45, 7) is 7.37. The first-order valence-corrected chi connectivity index (χ1v) is 15.7. The lowest BCUT2D eigenvalue weighted by atomic mass is 9.44. The van der Waals surface area contributed by atoms with E-state index in [1.165, 1.54) is 6.92 Å². The molecule has 2 bridgehead atoms. The molecule has 3 N–H and O–H groups in total. The van der Waals surface area contributed by atoms with E-state index < -0.39 is 82.2 Å². The van der Waals surface area contributed by atoms with Gasteiger partial charge in [0, 0.05) is 25.2 Å². The first-order chi connectivity index (χ1) is 21.1. The number of carbonyl (C=O) groups excluding carboxylic acids is 4. The van der Waals surface area contributed by atoms with Crippen LogP contribution in [0.15, 0.2) is 41.5 Å². The number of rotatable bonds is 5. The third kappa shape index (κ3) is 4.45. The van der Waals surface area contributed by atoms with Crippen LogP contribution in [0.1, 0.15) is 77.1 Å². The summed E-state index contributed by atoms with van der Waals surface area (Å²) in [5, 5.41) is 36.2. The van der Waals surface area contributed by atoms with Crippen LogP contribution in [0.2, 0.25) is 0 Å². The van der Waals surface area contributed by atoms with Crippen molar-refractivity contribution in [2.24, 2.45) is 22.7 Å². The number of hydrogen-bond donors (Lipinski definition) is 3. The molecule has 0 amide bonds. The Morgan fingerprint density at radius 3 is 2.24 bits per heavy atom. The number of benzene rings is 1. The first kappa shape index (κ1) is 31.8. The van der Waals surface area contributed by atoms with Crippen LogP contribution in [0.5, 0.6) is 0 Å². The molecule has 1 unspecified atom stereocenters. The van der Waals surface area contributed by atoms with E-state index in [4.69, 9.17) is 18.9 Å².